The van der Waals surface area contributed by atoms with E-state index in [0.29, 0.717) is 0 Å². The van der Waals surface area contributed by atoms with Crippen LogP contribution in [0, 0.1) is 0 Å². The molecule has 130 valence electrons. The predicted molar refractivity (Wildman–Crippen MR) is 116 cm³/mol. The van der Waals surface area contributed by atoms with Crippen LogP contribution in [0.1, 0.15) is 22.3 Å². The van der Waals surface area contributed by atoms with E-state index in [1.54, 1.807) is 0 Å². The zero-order valence-electron chi connectivity index (χ0n) is 14.7. The molecule has 0 saturated carbocycles. The highest BCUT2D eigenvalue weighted by Gasteiger charge is 2.43. The van der Waals surface area contributed by atoms with Gasteiger partial charge in [-0.15, -0.1) is 0 Å². The van der Waals surface area contributed by atoms with Crippen molar-refractivity contribution in [3.63, 3.8) is 0 Å². The van der Waals surface area contributed by atoms with Crippen molar-refractivity contribution in [1.82, 2.24) is 0 Å². The Morgan fingerprint density at radius 2 is 1.11 bits per heavy atom. The fourth-order valence-corrected chi connectivity index (χ4v) is 4.68. The summed E-state index contributed by atoms with van der Waals surface area (Å²) in [6, 6.07) is 36.8. The van der Waals surface area contributed by atoms with Crippen molar-refractivity contribution in [3.05, 3.63) is 130 Å². The van der Waals surface area contributed by atoms with Gasteiger partial charge in [-0.25, -0.2) is 0 Å². The second-order valence-corrected chi connectivity index (χ2v) is 7.76. The fraction of sp³-hybridized carbons (Fsp3) is 0.0400. The maximum absolute atomic E-state index is 3.65. The number of nitrogens with one attached hydrogen (secondary N) is 1. The molecule has 0 radical (unpaired) electrons. The number of rotatable bonds is 2. The summed E-state index contributed by atoms with van der Waals surface area (Å²) < 4.78 is 1.07. The SMILES string of the molecule is Brc1ccc2c(c1)Nc1ccccc1C2(c1ccccc1)c1ccccc1. The van der Waals surface area contributed by atoms with Gasteiger partial charge in [-0.05, 0) is 40.5 Å². The highest BCUT2D eigenvalue weighted by molar-refractivity contribution is 9.10. The third-order valence-corrected chi connectivity index (χ3v) is 5.89. The van der Waals surface area contributed by atoms with E-state index in [9.17, 15) is 0 Å². The van der Waals surface area contributed by atoms with Crippen LogP contribution in [0.3, 0.4) is 0 Å². The molecule has 27 heavy (non-hydrogen) atoms. The summed E-state index contributed by atoms with van der Waals surface area (Å²) >= 11 is 3.64. The minimum atomic E-state index is -0.361. The van der Waals surface area contributed by atoms with Crippen molar-refractivity contribution >= 4 is 27.3 Å². The summed E-state index contributed by atoms with van der Waals surface area (Å²) in [7, 11) is 0. The van der Waals surface area contributed by atoms with E-state index in [1.165, 1.54) is 22.3 Å². The Morgan fingerprint density at radius 3 is 1.78 bits per heavy atom. The van der Waals surface area contributed by atoms with Crippen molar-refractivity contribution in [2.24, 2.45) is 0 Å². The quantitative estimate of drug-likeness (QED) is 0.333. The largest absolute Gasteiger partial charge is 0.355 e. The Morgan fingerprint density at radius 1 is 0.556 bits per heavy atom. The molecule has 1 nitrogen and oxygen atoms in total. The van der Waals surface area contributed by atoms with Gasteiger partial charge in [0.05, 0.1) is 5.41 Å². The van der Waals surface area contributed by atoms with Gasteiger partial charge in [0.2, 0.25) is 0 Å². The van der Waals surface area contributed by atoms with Crippen molar-refractivity contribution in [1.29, 1.82) is 0 Å². The lowest BCUT2D eigenvalue weighted by Gasteiger charge is -2.42. The molecule has 1 aliphatic heterocycles. The average Bonchev–Trinajstić information content (AvgIpc) is 2.73. The summed E-state index contributed by atoms with van der Waals surface area (Å²) in [5.74, 6) is 0. The summed E-state index contributed by atoms with van der Waals surface area (Å²) in [4.78, 5) is 0. The van der Waals surface area contributed by atoms with Crippen LogP contribution >= 0.6 is 15.9 Å². The smallest absolute Gasteiger partial charge is 0.0741 e. The molecule has 1 aliphatic rings. The Labute approximate surface area is 167 Å². The van der Waals surface area contributed by atoms with Crippen LogP contribution in [0.2, 0.25) is 0 Å². The molecule has 0 unspecified atom stereocenters. The number of halogens is 1. The van der Waals surface area contributed by atoms with Gasteiger partial charge in [0, 0.05) is 15.8 Å². The van der Waals surface area contributed by atoms with E-state index < -0.39 is 0 Å². The predicted octanol–water partition coefficient (Wildman–Crippen LogP) is 6.89. The van der Waals surface area contributed by atoms with Crippen LogP contribution in [0.4, 0.5) is 11.4 Å². The first-order valence-electron chi connectivity index (χ1n) is 9.08. The summed E-state index contributed by atoms with van der Waals surface area (Å²) in [6.07, 6.45) is 0. The minimum absolute atomic E-state index is 0.361. The van der Waals surface area contributed by atoms with Crippen molar-refractivity contribution in [2.45, 2.75) is 5.41 Å². The van der Waals surface area contributed by atoms with Crippen LogP contribution in [0.5, 0.6) is 0 Å². The Bertz CT molecular complexity index is 1060. The monoisotopic (exact) mass is 411 g/mol. The Hall–Kier alpha value is -2.84. The third-order valence-electron chi connectivity index (χ3n) is 5.40. The van der Waals surface area contributed by atoms with E-state index in [1.807, 2.05) is 0 Å². The molecule has 2 heteroatoms. The summed E-state index contributed by atoms with van der Waals surface area (Å²) in [5, 5.41) is 3.65. The average molecular weight is 412 g/mol. The lowest BCUT2D eigenvalue weighted by atomic mass is 9.63. The van der Waals surface area contributed by atoms with Crippen molar-refractivity contribution in [2.75, 3.05) is 5.32 Å². The fourth-order valence-electron chi connectivity index (χ4n) is 4.32. The van der Waals surface area contributed by atoms with Gasteiger partial charge in [-0.1, -0.05) is 101 Å². The van der Waals surface area contributed by atoms with Gasteiger partial charge in [-0.2, -0.15) is 0 Å². The summed E-state index contributed by atoms with van der Waals surface area (Å²) in [5.41, 5.74) is 7.01. The Balaban J connectivity index is 1.97. The summed E-state index contributed by atoms with van der Waals surface area (Å²) in [6.45, 7) is 0. The van der Waals surface area contributed by atoms with Gasteiger partial charge < -0.3 is 5.32 Å². The van der Waals surface area contributed by atoms with E-state index in [-0.39, 0.29) is 5.41 Å². The zero-order chi connectivity index (χ0) is 18.3. The van der Waals surface area contributed by atoms with Gasteiger partial charge >= 0.3 is 0 Å². The molecular formula is C25H18BrN. The van der Waals surface area contributed by atoms with E-state index in [2.05, 4.69) is 124 Å². The van der Waals surface area contributed by atoms with Gasteiger partial charge in [0.1, 0.15) is 0 Å². The molecule has 0 amide bonds. The number of para-hydroxylation sites is 1. The van der Waals surface area contributed by atoms with Gasteiger partial charge in [-0.3, -0.25) is 0 Å². The standard InChI is InChI=1S/C25H18BrN/c26-20-15-16-22-24(17-20)27-23-14-8-7-13-21(23)25(22,18-9-3-1-4-10-18)19-11-5-2-6-12-19/h1-17,27H. The first-order chi connectivity index (χ1) is 13.3. The lowest BCUT2D eigenvalue weighted by molar-refractivity contribution is 0.740. The van der Waals surface area contributed by atoms with Crippen LogP contribution in [-0.4, -0.2) is 0 Å². The molecule has 1 heterocycles. The van der Waals surface area contributed by atoms with E-state index >= 15 is 0 Å². The number of fused-ring (bicyclic) bond motifs is 2. The normalized spacial score (nSPS) is 14.0. The molecule has 0 fully saturated rings. The second kappa shape index (κ2) is 6.40. The molecule has 0 spiro atoms. The van der Waals surface area contributed by atoms with Crippen LogP contribution < -0.4 is 5.32 Å². The molecule has 0 atom stereocenters. The molecule has 0 saturated heterocycles. The third kappa shape index (κ3) is 2.44. The number of hydrogen-bond donors (Lipinski definition) is 1. The highest BCUT2D eigenvalue weighted by Crippen LogP contribution is 2.53. The molecule has 5 rings (SSSR count). The number of benzene rings is 4. The molecular weight excluding hydrogens is 394 g/mol. The second-order valence-electron chi connectivity index (χ2n) is 6.84. The molecule has 0 bridgehead atoms. The molecule has 1 N–H and O–H groups in total. The van der Waals surface area contributed by atoms with Crippen molar-refractivity contribution < 1.29 is 0 Å². The van der Waals surface area contributed by atoms with E-state index in [0.717, 1.165) is 15.8 Å². The van der Waals surface area contributed by atoms with Crippen molar-refractivity contribution in [3.8, 4) is 0 Å². The molecule has 4 aromatic carbocycles. The lowest BCUT2D eigenvalue weighted by Crippen LogP contribution is -2.35. The van der Waals surface area contributed by atoms with E-state index in [4.69, 9.17) is 0 Å². The van der Waals surface area contributed by atoms with Crippen LogP contribution in [0.25, 0.3) is 0 Å². The minimum Gasteiger partial charge on any atom is -0.355 e. The zero-order valence-corrected chi connectivity index (χ0v) is 16.3. The topological polar surface area (TPSA) is 12.0 Å². The highest BCUT2D eigenvalue weighted by atomic mass is 79.9. The number of hydrogen-bond acceptors (Lipinski definition) is 1. The maximum Gasteiger partial charge on any atom is 0.0741 e. The first kappa shape index (κ1) is 16.3. The molecule has 0 aliphatic carbocycles. The Kier molecular flexibility index (Phi) is 3.87. The molecule has 0 aromatic heterocycles. The van der Waals surface area contributed by atoms with Crippen LogP contribution in [0.15, 0.2) is 108 Å². The van der Waals surface area contributed by atoms with Gasteiger partial charge in [0.25, 0.3) is 0 Å². The van der Waals surface area contributed by atoms with Gasteiger partial charge in [0.15, 0.2) is 0 Å². The van der Waals surface area contributed by atoms with Crippen LogP contribution in [-0.2, 0) is 5.41 Å². The molecule has 4 aromatic rings. The maximum atomic E-state index is 3.65. The first-order valence-corrected chi connectivity index (χ1v) is 9.87. The number of anilines is 2.